The Morgan fingerprint density at radius 3 is 2.77 bits per heavy atom. The van der Waals surface area contributed by atoms with Crippen LogP contribution in [0.1, 0.15) is 32.6 Å². The Labute approximate surface area is 78.1 Å². The predicted octanol–water partition coefficient (Wildman–Crippen LogP) is 0.748. The summed E-state index contributed by atoms with van der Waals surface area (Å²) in [5.41, 5.74) is 4.54. The summed E-state index contributed by atoms with van der Waals surface area (Å²) < 4.78 is 5.42. The molecule has 4 nitrogen and oxygen atoms in total. The lowest BCUT2D eigenvalue weighted by molar-refractivity contribution is -0.154. The third-order valence-electron chi connectivity index (χ3n) is 2.46. The zero-order chi connectivity index (χ0) is 9.90. The summed E-state index contributed by atoms with van der Waals surface area (Å²) >= 11 is 0. The van der Waals surface area contributed by atoms with Crippen LogP contribution in [0.3, 0.4) is 0 Å². The first kappa shape index (κ1) is 10.5. The van der Waals surface area contributed by atoms with E-state index in [0.717, 1.165) is 19.4 Å². The van der Waals surface area contributed by atoms with Gasteiger partial charge in [0, 0.05) is 19.4 Å². The highest BCUT2D eigenvalue weighted by Crippen LogP contribution is 2.32. The number of aliphatic carboxylic acids is 1. The van der Waals surface area contributed by atoms with Crippen LogP contribution in [0.2, 0.25) is 0 Å². The van der Waals surface area contributed by atoms with Gasteiger partial charge in [0.1, 0.15) is 5.54 Å². The van der Waals surface area contributed by atoms with Gasteiger partial charge in [-0.3, -0.25) is 4.79 Å². The highest BCUT2D eigenvalue weighted by atomic mass is 16.5. The fourth-order valence-corrected chi connectivity index (χ4v) is 1.44. The van der Waals surface area contributed by atoms with Crippen molar-refractivity contribution in [1.29, 1.82) is 0 Å². The quantitative estimate of drug-likeness (QED) is 0.623. The molecule has 1 saturated carbocycles. The fourth-order valence-electron chi connectivity index (χ4n) is 1.44. The molecule has 0 atom stereocenters. The van der Waals surface area contributed by atoms with E-state index in [0.29, 0.717) is 12.8 Å². The molecular weight excluding hydrogens is 170 g/mol. The average molecular weight is 187 g/mol. The number of rotatable bonds is 5. The lowest BCUT2D eigenvalue weighted by atomic mass is 9.75. The van der Waals surface area contributed by atoms with Gasteiger partial charge in [-0.1, -0.05) is 13.3 Å². The van der Waals surface area contributed by atoms with Crippen molar-refractivity contribution in [3.63, 3.8) is 0 Å². The van der Waals surface area contributed by atoms with Crippen molar-refractivity contribution >= 4 is 5.97 Å². The minimum atomic E-state index is -1.02. The summed E-state index contributed by atoms with van der Waals surface area (Å²) in [5, 5.41) is 8.70. The van der Waals surface area contributed by atoms with Crippen LogP contribution < -0.4 is 5.73 Å². The second-order valence-electron chi connectivity index (χ2n) is 3.72. The zero-order valence-electron chi connectivity index (χ0n) is 7.95. The summed E-state index contributed by atoms with van der Waals surface area (Å²) in [4.78, 5) is 10.6. The van der Waals surface area contributed by atoms with Gasteiger partial charge in [-0.05, 0) is 6.42 Å². The predicted molar refractivity (Wildman–Crippen MR) is 48.4 cm³/mol. The smallest absolute Gasteiger partial charge is 0.323 e. The molecule has 1 fully saturated rings. The van der Waals surface area contributed by atoms with E-state index in [9.17, 15) is 4.79 Å². The minimum absolute atomic E-state index is 0.0626. The van der Waals surface area contributed by atoms with E-state index in [1.807, 2.05) is 0 Å². The molecule has 0 bridgehead atoms. The van der Waals surface area contributed by atoms with Crippen molar-refractivity contribution in [1.82, 2.24) is 0 Å². The molecule has 0 heterocycles. The molecule has 0 saturated heterocycles. The van der Waals surface area contributed by atoms with Crippen molar-refractivity contribution in [2.45, 2.75) is 44.2 Å². The van der Waals surface area contributed by atoms with E-state index in [4.69, 9.17) is 15.6 Å². The molecule has 76 valence electrons. The van der Waals surface area contributed by atoms with Crippen molar-refractivity contribution in [2.75, 3.05) is 6.61 Å². The molecule has 4 heteroatoms. The lowest BCUT2D eigenvalue weighted by Crippen LogP contribution is -2.60. The molecule has 0 aliphatic heterocycles. The third kappa shape index (κ3) is 2.42. The first-order chi connectivity index (χ1) is 6.08. The monoisotopic (exact) mass is 187 g/mol. The molecule has 1 aliphatic rings. The molecule has 0 aromatic rings. The highest BCUT2D eigenvalue weighted by molar-refractivity contribution is 5.80. The van der Waals surface area contributed by atoms with E-state index in [1.54, 1.807) is 0 Å². The topological polar surface area (TPSA) is 72.5 Å². The van der Waals surface area contributed by atoms with Gasteiger partial charge < -0.3 is 15.6 Å². The molecule has 0 radical (unpaired) electrons. The molecular formula is C9H17NO3. The minimum Gasteiger partial charge on any atom is -0.480 e. The van der Waals surface area contributed by atoms with Crippen LogP contribution in [0.15, 0.2) is 0 Å². The molecule has 0 amide bonds. The third-order valence-corrected chi connectivity index (χ3v) is 2.46. The van der Waals surface area contributed by atoms with Crippen LogP contribution in [0.4, 0.5) is 0 Å². The first-order valence-corrected chi connectivity index (χ1v) is 4.72. The molecule has 0 aromatic heterocycles. The molecule has 1 aliphatic carbocycles. The van der Waals surface area contributed by atoms with Crippen LogP contribution in [-0.4, -0.2) is 29.3 Å². The van der Waals surface area contributed by atoms with Gasteiger partial charge in [0.05, 0.1) is 6.10 Å². The number of unbranched alkanes of at least 4 members (excludes halogenated alkanes) is 1. The van der Waals surface area contributed by atoms with Crippen LogP contribution in [0.25, 0.3) is 0 Å². The number of carboxylic acid groups (broad SMARTS) is 1. The Hall–Kier alpha value is -0.610. The number of ether oxygens (including phenoxy) is 1. The SMILES string of the molecule is CCCCO[C@H]1C[C@](N)(C(=O)O)C1. The normalized spacial score (nSPS) is 32.6. The second-order valence-corrected chi connectivity index (χ2v) is 3.72. The number of hydrogen-bond donors (Lipinski definition) is 2. The molecule has 0 spiro atoms. The standard InChI is InChI=1S/C9H17NO3/c1-2-3-4-13-7-5-9(10,6-7)8(11)12/h7H,2-6,10H2,1H3,(H,11,12)/t7-,9+. The first-order valence-electron chi connectivity index (χ1n) is 4.72. The Morgan fingerprint density at radius 1 is 1.69 bits per heavy atom. The second kappa shape index (κ2) is 4.07. The molecule has 3 N–H and O–H groups in total. The van der Waals surface area contributed by atoms with E-state index in [-0.39, 0.29) is 6.10 Å². The summed E-state index contributed by atoms with van der Waals surface area (Å²) in [5.74, 6) is -0.914. The maximum Gasteiger partial charge on any atom is 0.323 e. The van der Waals surface area contributed by atoms with E-state index >= 15 is 0 Å². The largest absolute Gasteiger partial charge is 0.480 e. The highest BCUT2D eigenvalue weighted by Gasteiger charge is 2.47. The molecule has 13 heavy (non-hydrogen) atoms. The van der Waals surface area contributed by atoms with Crippen molar-refractivity contribution in [3.05, 3.63) is 0 Å². The van der Waals surface area contributed by atoms with Crippen molar-refractivity contribution in [2.24, 2.45) is 5.73 Å². The number of carbonyl (C=O) groups is 1. The van der Waals surface area contributed by atoms with Gasteiger partial charge in [-0.2, -0.15) is 0 Å². The molecule has 1 rings (SSSR count). The number of carboxylic acids is 1. The van der Waals surface area contributed by atoms with Gasteiger partial charge in [0.15, 0.2) is 0 Å². The number of nitrogens with two attached hydrogens (primary N) is 1. The molecule has 0 unspecified atom stereocenters. The maximum atomic E-state index is 10.6. The van der Waals surface area contributed by atoms with Crippen molar-refractivity contribution in [3.8, 4) is 0 Å². The maximum absolute atomic E-state index is 10.6. The Morgan fingerprint density at radius 2 is 2.31 bits per heavy atom. The summed E-state index contributed by atoms with van der Waals surface area (Å²) in [6.07, 6.45) is 3.09. The van der Waals surface area contributed by atoms with Gasteiger partial charge in [-0.25, -0.2) is 0 Å². The molecule has 0 aromatic carbocycles. The summed E-state index contributed by atoms with van der Waals surface area (Å²) in [7, 11) is 0. The van der Waals surface area contributed by atoms with Gasteiger partial charge in [0.25, 0.3) is 0 Å². The zero-order valence-corrected chi connectivity index (χ0v) is 7.95. The van der Waals surface area contributed by atoms with Crippen LogP contribution in [-0.2, 0) is 9.53 Å². The van der Waals surface area contributed by atoms with Gasteiger partial charge >= 0.3 is 5.97 Å². The summed E-state index contributed by atoms with van der Waals surface area (Å²) in [6, 6.07) is 0. The van der Waals surface area contributed by atoms with Gasteiger partial charge in [0.2, 0.25) is 0 Å². The van der Waals surface area contributed by atoms with Crippen LogP contribution >= 0.6 is 0 Å². The Bertz CT molecular complexity index is 187. The van der Waals surface area contributed by atoms with Crippen molar-refractivity contribution < 1.29 is 14.6 Å². The summed E-state index contributed by atoms with van der Waals surface area (Å²) in [6.45, 7) is 2.81. The van der Waals surface area contributed by atoms with Crippen LogP contribution in [0, 0.1) is 0 Å². The van der Waals surface area contributed by atoms with Gasteiger partial charge in [-0.15, -0.1) is 0 Å². The van der Waals surface area contributed by atoms with E-state index < -0.39 is 11.5 Å². The lowest BCUT2D eigenvalue weighted by Gasteiger charge is -2.40. The fraction of sp³-hybridized carbons (Fsp3) is 0.889. The van der Waals surface area contributed by atoms with E-state index in [2.05, 4.69) is 6.92 Å². The average Bonchev–Trinajstić information content (AvgIpc) is 2.01. The number of hydrogen-bond acceptors (Lipinski definition) is 3. The van der Waals surface area contributed by atoms with E-state index in [1.165, 1.54) is 0 Å². The van der Waals surface area contributed by atoms with Crippen LogP contribution in [0.5, 0.6) is 0 Å². The Kier molecular flexibility index (Phi) is 3.27. The Balaban J connectivity index is 2.14.